The van der Waals surface area contributed by atoms with Gasteiger partial charge in [-0.05, 0) is 48.7 Å². The summed E-state index contributed by atoms with van der Waals surface area (Å²) in [5.74, 6) is 1.56. The second kappa shape index (κ2) is 9.74. The normalized spacial score (nSPS) is 10.6. The van der Waals surface area contributed by atoms with Crippen molar-refractivity contribution in [3.63, 3.8) is 0 Å². The van der Waals surface area contributed by atoms with E-state index in [1.807, 2.05) is 31.3 Å². The summed E-state index contributed by atoms with van der Waals surface area (Å²) < 4.78 is 11.8. The van der Waals surface area contributed by atoms with E-state index in [1.165, 1.54) is 11.1 Å². The highest BCUT2D eigenvalue weighted by Gasteiger charge is 2.07. The molecule has 0 saturated heterocycles. The molecule has 4 nitrogen and oxygen atoms in total. The molecule has 0 bridgehead atoms. The molecule has 140 valence electrons. The Morgan fingerprint density at radius 2 is 1.70 bits per heavy atom. The Labute approximate surface area is 161 Å². The lowest BCUT2D eigenvalue weighted by atomic mass is 10.1. The maximum absolute atomic E-state index is 6.01. The average Bonchev–Trinajstić information content (AvgIpc) is 2.68. The molecule has 0 aliphatic carbocycles. The number of hydrogen-bond donors (Lipinski definition) is 1. The fourth-order valence-electron chi connectivity index (χ4n) is 2.87. The molecular formula is C23H26N2O2. The molecule has 1 N–H and O–H groups in total. The van der Waals surface area contributed by atoms with Crippen molar-refractivity contribution in [2.75, 3.05) is 6.61 Å². The lowest BCUT2D eigenvalue weighted by Crippen LogP contribution is -2.13. The van der Waals surface area contributed by atoms with Gasteiger partial charge in [-0.1, -0.05) is 42.0 Å². The third kappa shape index (κ3) is 5.83. The quantitative estimate of drug-likeness (QED) is 0.601. The van der Waals surface area contributed by atoms with Crippen LogP contribution in [0.3, 0.4) is 0 Å². The van der Waals surface area contributed by atoms with Gasteiger partial charge in [-0.25, -0.2) is 0 Å². The number of benzene rings is 2. The maximum atomic E-state index is 6.01. The largest absolute Gasteiger partial charge is 0.490 e. The zero-order chi connectivity index (χ0) is 18.9. The van der Waals surface area contributed by atoms with Gasteiger partial charge in [0.05, 0.1) is 6.61 Å². The van der Waals surface area contributed by atoms with Crippen molar-refractivity contribution in [3.05, 3.63) is 89.2 Å². The van der Waals surface area contributed by atoms with Crippen LogP contribution in [0.25, 0.3) is 0 Å². The molecule has 3 rings (SSSR count). The number of aromatic nitrogens is 1. The zero-order valence-corrected chi connectivity index (χ0v) is 15.9. The smallest absolute Gasteiger partial charge is 0.161 e. The van der Waals surface area contributed by atoms with E-state index in [9.17, 15) is 0 Å². The summed E-state index contributed by atoms with van der Waals surface area (Å²) in [7, 11) is 0. The van der Waals surface area contributed by atoms with E-state index in [-0.39, 0.29) is 0 Å². The van der Waals surface area contributed by atoms with Gasteiger partial charge in [0.2, 0.25) is 0 Å². The van der Waals surface area contributed by atoms with E-state index in [2.05, 4.69) is 53.6 Å². The Bertz CT molecular complexity index is 850. The summed E-state index contributed by atoms with van der Waals surface area (Å²) in [5.41, 5.74) is 4.71. The van der Waals surface area contributed by atoms with Gasteiger partial charge in [0.25, 0.3) is 0 Å². The highest BCUT2D eigenvalue weighted by Crippen LogP contribution is 2.29. The fraction of sp³-hybridized carbons (Fsp3) is 0.261. The van der Waals surface area contributed by atoms with Gasteiger partial charge in [0.1, 0.15) is 6.61 Å². The van der Waals surface area contributed by atoms with Gasteiger partial charge >= 0.3 is 0 Å². The number of rotatable bonds is 9. The van der Waals surface area contributed by atoms with Gasteiger partial charge in [-0.15, -0.1) is 0 Å². The molecule has 0 spiro atoms. The minimum Gasteiger partial charge on any atom is -0.490 e. The summed E-state index contributed by atoms with van der Waals surface area (Å²) in [5, 5.41) is 3.43. The first-order valence-corrected chi connectivity index (χ1v) is 9.28. The number of nitrogens with one attached hydrogen (secondary N) is 1. The van der Waals surface area contributed by atoms with E-state index in [1.54, 1.807) is 6.20 Å². The molecule has 3 aromatic rings. The Morgan fingerprint density at radius 3 is 2.48 bits per heavy atom. The van der Waals surface area contributed by atoms with Gasteiger partial charge in [-0.3, -0.25) is 4.98 Å². The van der Waals surface area contributed by atoms with Crippen LogP contribution in [0.5, 0.6) is 11.5 Å². The number of nitrogens with zero attached hydrogens (tertiary/aromatic N) is 1. The van der Waals surface area contributed by atoms with Crippen LogP contribution in [0.4, 0.5) is 0 Å². The van der Waals surface area contributed by atoms with Crippen LogP contribution in [0.2, 0.25) is 0 Å². The molecule has 0 aliphatic heterocycles. The van der Waals surface area contributed by atoms with E-state index in [0.717, 1.165) is 35.7 Å². The average molecular weight is 362 g/mol. The van der Waals surface area contributed by atoms with Crippen molar-refractivity contribution >= 4 is 0 Å². The first-order valence-electron chi connectivity index (χ1n) is 9.28. The Kier molecular flexibility index (Phi) is 6.83. The third-order valence-corrected chi connectivity index (χ3v) is 4.17. The molecule has 1 aromatic heterocycles. The third-order valence-electron chi connectivity index (χ3n) is 4.17. The highest BCUT2D eigenvalue weighted by molar-refractivity contribution is 5.43. The lowest BCUT2D eigenvalue weighted by Gasteiger charge is -2.14. The van der Waals surface area contributed by atoms with Crippen molar-refractivity contribution in [1.82, 2.24) is 10.3 Å². The summed E-state index contributed by atoms with van der Waals surface area (Å²) in [6.07, 6.45) is 3.66. The van der Waals surface area contributed by atoms with Crippen LogP contribution in [-0.4, -0.2) is 11.6 Å². The first kappa shape index (κ1) is 18.9. The van der Waals surface area contributed by atoms with E-state index < -0.39 is 0 Å². The van der Waals surface area contributed by atoms with Crippen molar-refractivity contribution in [3.8, 4) is 11.5 Å². The molecular weight excluding hydrogens is 336 g/mol. The topological polar surface area (TPSA) is 43.4 Å². The molecule has 0 saturated carbocycles. The van der Waals surface area contributed by atoms with Gasteiger partial charge in [-0.2, -0.15) is 0 Å². The van der Waals surface area contributed by atoms with E-state index in [0.29, 0.717) is 13.2 Å². The standard InChI is InChI=1S/C23H26N2O2/c1-3-26-23-13-19(14-25-16-21-8-5-11-24-15-21)9-10-22(23)27-17-20-7-4-6-18(2)12-20/h4-13,15,25H,3,14,16-17H2,1-2H3. The van der Waals surface area contributed by atoms with Gasteiger partial charge < -0.3 is 14.8 Å². The molecule has 0 atom stereocenters. The lowest BCUT2D eigenvalue weighted by molar-refractivity contribution is 0.269. The minimum atomic E-state index is 0.528. The predicted octanol–water partition coefficient (Wildman–Crippen LogP) is 4.66. The molecule has 0 unspecified atom stereocenters. The minimum absolute atomic E-state index is 0.528. The summed E-state index contributed by atoms with van der Waals surface area (Å²) in [4.78, 5) is 4.13. The highest BCUT2D eigenvalue weighted by atomic mass is 16.5. The van der Waals surface area contributed by atoms with Crippen LogP contribution >= 0.6 is 0 Å². The SMILES string of the molecule is CCOc1cc(CNCc2cccnc2)ccc1OCc1cccc(C)c1. The second-order valence-corrected chi connectivity index (χ2v) is 6.46. The number of aryl methyl sites for hydroxylation is 1. The number of ether oxygens (including phenoxy) is 2. The monoisotopic (exact) mass is 362 g/mol. The first-order chi connectivity index (χ1) is 13.2. The number of pyridine rings is 1. The molecule has 4 heteroatoms. The molecule has 0 radical (unpaired) electrons. The fourth-order valence-corrected chi connectivity index (χ4v) is 2.87. The summed E-state index contributed by atoms with van der Waals surface area (Å²) in [6, 6.07) is 18.5. The van der Waals surface area contributed by atoms with Gasteiger partial charge in [0.15, 0.2) is 11.5 Å². The van der Waals surface area contributed by atoms with Crippen LogP contribution in [-0.2, 0) is 19.7 Å². The predicted molar refractivity (Wildman–Crippen MR) is 108 cm³/mol. The molecule has 1 heterocycles. The second-order valence-electron chi connectivity index (χ2n) is 6.46. The van der Waals surface area contributed by atoms with Crippen molar-refractivity contribution in [2.45, 2.75) is 33.5 Å². The zero-order valence-electron chi connectivity index (χ0n) is 15.9. The van der Waals surface area contributed by atoms with Gasteiger partial charge in [0, 0.05) is 25.5 Å². The molecule has 0 aliphatic rings. The Hall–Kier alpha value is -2.85. The van der Waals surface area contributed by atoms with Crippen LogP contribution in [0.15, 0.2) is 67.0 Å². The Morgan fingerprint density at radius 1 is 0.852 bits per heavy atom. The molecule has 27 heavy (non-hydrogen) atoms. The van der Waals surface area contributed by atoms with Crippen molar-refractivity contribution in [1.29, 1.82) is 0 Å². The number of hydrogen-bond acceptors (Lipinski definition) is 4. The summed E-state index contributed by atoms with van der Waals surface area (Å²) in [6.45, 7) is 6.74. The maximum Gasteiger partial charge on any atom is 0.161 e. The van der Waals surface area contributed by atoms with Crippen LogP contribution in [0, 0.1) is 6.92 Å². The summed E-state index contributed by atoms with van der Waals surface area (Å²) >= 11 is 0. The van der Waals surface area contributed by atoms with E-state index in [4.69, 9.17) is 9.47 Å². The van der Waals surface area contributed by atoms with Crippen LogP contribution in [0.1, 0.15) is 29.2 Å². The van der Waals surface area contributed by atoms with E-state index >= 15 is 0 Å². The van der Waals surface area contributed by atoms with Crippen molar-refractivity contribution < 1.29 is 9.47 Å². The Balaban J connectivity index is 1.61. The molecule has 0 fully saturated rings. The molecule has 0 amide bonds. The van der Waals surface area contributed by atoms with Crippen molar-refractivity contribution in [2.24, 2.45) is 0 Å². The van der Waals surface area contributed by atoms with Crippen LogP contribution < -0.4 is 14.8 Å². The molecule has 2 aromatic carbocycles.